The highest BCUT2D eigenvalue weighted by Crippen LogP contribution is 2.43. The Morgan fingerprint density at radius 2 is 2.10 bits per heavy atom. The van der Waals surface area contributed by atoms with Crippen molar-refractivity contribution in [3.05, 3.63) is 40.1 Å². The van der Waals surface area contributed by atoms with E-state index in [4.69, 9.17) is 22.1 Å². The van der Waals surface area contributed by atoms with E-state index in [1.54, 1.807) is 0 Å². The minimum Gasteiger partial charge on any atom is -0.506 e. The number of phenolic OH excluding ortho intramolecular Hbond substituents is 1. The Morgan fingerprint density at radius 1 is 1.39 bits per heavy atom. The number of nitrogens with two attached hydrogens (primary N) is 1. The van der Waals surface area contributed by atoms with Gasteiger partial charge in [-0.1, -0.05) is 16.8 Å². The molecule has 1 fully saturated rings. The van der Waals surface area contributed by atoms with Crippen LogP contribution in [0, 0.1) is 0 Å². The number of β-lactam (4-membered cyclic amide) rings is 1. The Morgan fingerprint density at radius 3 is 2.65 bits per heavy atom. The molecule has 14 heteroatoms. The van der Waals surface area contributed by atoms with Crippen LogP contribution >= 0.6 is 23.4 Å². The predicted octanol–water partition coefficient (Wildman–Crippen LogP) is 0.405. The van der Waals surface area contributed by atoms with Gasteiger partial charge in [0, 0.05) is 11.1 Å². The third kappa shape index (κ3) is 4.36. The quantitative estimate of drug-likeness (QED) is 0.169. The lowest BCUT2D eigenvalue weighted by Crippen LogP contribution is -2.58. The van der Waals surface area contributed by atoms with Gasteiger partial charge in [-0.15, -0.1) is 11.8 Å². The molecule has 3 rings (SSSR count). The predicted molar refractivity (Wildman–Crippen MR) is 106 cm³/mol. The number of hydrogen-bond donors (Lipinski definition) is 5. The molecule has 12 nitrogen and oxygen atoms in total. The number of nitrogens with one attached hydrogen (secondary N) is 1. The second-order valence-corrected chi connectivity index (χ2v) is 8.01. The third-order valence-corrected chi connectivity index (χ3v) is 6.10. The average Bonchev–Trinajstić information content (AvgIpc) is 2.69. The molecule has 6 N–H and O–H groups in total. The number of phenols is 1. The topological polar surface area (TPSA) is 192 Å². The molecule has 0 bridgehead atoms. The van der Waals surface area contributed by atoms with Gasteiger partial charge in [0.1, 0.15) is 23.4 Å². The number of fused-ring (bicyclic) bond motifs is 1. The first-order valence-electron chi connectivity index (χ1n) is 8.52. The zero-order chi connectivity index (χ0) is 22.9. The first-order valence-corrected chi connectivity index (χ1v) is 9.84. The molecule has 2 aliphatic heterocycles. The van der Waals surface area contributed by atoms with E-state index in [1.165, 1.54) is 18.2 Å². The minimum atomic E-state index is -1.46. The van der Waals surface area contributed by atoms with Gasteiger partial charge >= 0.3 is 12.1 Å². The van der Waals surface area contributed by atoms with Gasteiger partial charge in [0.15, 0.2) is 5.71 Å². The number of oxime groups is 1. The number of ether oxygens (including phenoxy) is 1. The number of hydrogen-bond acceptors (Lipinski definition) is 9. The minimum absolute atomic E-state index is 0.0479. The molecule has 3 amide bonds. The van der Waals surface area contributed by atoms with Crippen molar-refractivity contribution in [1.82, 2.24) is 10.2 Å². The highest BCUT2D eigenvalue weighted by Gasteiger charge is 2.49. The number of amides is 3. The summed E-state index contributed by atoms with van der Waals surface area (Å²) in [6, 6.07) is 3.67. The number of rotatable bonds is 6. The first-order chi connectivity index (χ1) is 14.6. The SMILES string of the molecule is NC(=O)OCC1=C(C(=O)O)N2C(=O)C[C@H]2SC1NC(=O)C(=NO)c1ccc(O)c(Cl)c1. The fourth-order valence-corrected chi connectivity index (χ4v) is 4.61. The molecule has 0 saturated carbocycles. The molecule has 0 aromatic heterocycles. The number of carboxylic acid groups (broad SMARTS) is 1. The number of aliphatic carboxylic acids is 1. The summed E-state index contributed by atoms with van der Waals surface area (Å²) < 4.78 is 4.71. The molecule has 0 spiro atoms. The fraction of sp³-hybridized carbons (Fsp3) is 0.235. The number of carbonyl (C=O) groups excluding carboxylic acids is 3. The lowest BCUT2D eigenvalue weighted by molar-refractivity contribution is -0.146. The van der Waals surface area contributed by atoms with Crippen LogP contribution in [-0.4, -0.2) is 67.3 Å². The fourth-order valence-electron chi connectivity index (χ4n) is 3.01. The van der Waals surface area contributed by atoms with Crippen molar-refractivity contribution in [3.8, 4) is 5.75 Å². The van der Waals surface area contributed by atoms with Crippen LogP contribution in [0.5, 0.6) is 5.75 Å². The Kier molecular flexibility index (Phi) is 6.27. The zero-order valence-corrected chi connectivity index (χ0v) is 17.0. The maximum atomic E-state index is 12.8. The first kappa shape index (κ1) is 22.2. The van der Waals surface area contributed by atoms with Crippen molar-refractivity contribution in [2.75, 3.05) is 6.61 Å². The van der Waals surface area contributed by atoms with Crippen molar-refractivity contribution < 1.29 is 39.3 Å². The molecule has 2 heterocycles. The van der Waals surface area contributed by atoms with Gasteiger partial charge in [0.2, 0.25) is 5.91 Å². The summed E-state index contributed by atoms with van der Waals surface area (Å²) in [5.74, 6) is -3.06. The van der Waals surface area contributed by atoms with Crippen LogP contribution in [0.2, 0.25) is 5.02 Å². The molecule has 1 aromatic carbocycles. The number of carbonyl (C=O) groups is 4. The smallest absolute Gasteiger partial charge is 0.404 e. The second kappa shape index (κ2) is 8.73. The van der Waals surface area contributed by atoms with E-state index in [0.29, 0.717) is 0 Å². The monoisotopic (exact) mass is 470 g/mol. The number of nitrogens with zero attached hydrogens (tertiary/aromatic N) is 2. The van der Waals surface area contributed by atoms with Crippen molar-refractivity contribution >= 4 is 53.0 Å². The molecule has 0 aliphatic carbocycles. The van der Waals surface area contributed by atoms with Crippen LogP contribution in [0.1, 0.15) is 12.0 Å². The standard InChI is InChI=1S/C17H15ClN4O8S/c18-8-3-6(1-2-9(8)23)12(21-29)14(25)20-15-7(5-30-17(19)28)13(16(26)27)22-10(24)4-11(22)31-15/h1-3,11,15,23,29H,4-5H2,(H2,19,28)(H,20,25)(H,26,27)/t11-,15?/m1/s1. The van der Waals surface area contributed by atoms with E-state index in [0.717, 1.165) is 16.7 Å². The summed E-state index contributed by atoms with van der Waals surface area (Å²) in [7, 11) is 0. The number of aromatic hydroxyl groups is 1. The zero-order valence-electron chi connectivity index (χ0n) is 15.4. The molecule has 2 aliphatic rings. The highest BCUT2D eigenvalue weighted by molar-refractivity contribution is 8.00. The molecule has 31 heavy (non-hydrogen) atoms. The lowest BCUT2D eigenvalue weighted by Gasteiger charge is -2.46. The summed E-state index contributed by atoms with van der Waals surface area (Å²) in [5, 5.41) is 32.2. The number of thioether (sulfide) groups is 1. The Labute approximate surface area is 183 Å². The van der Waals surface area contributed by atoms with E-state index in [9.17, 15) is 34.6 Å². The third-order valence-electron chi connectivity index (χ3n) is 4.43. The molecule has 1 saturated heterocycles. The molecule has 1 unspecified atom stereocenters. The Balaban J connectivity index is 1.93. The van der Waals surface area contributed by atoms with Crippen molar-refractivity contribution in [2.45, 2.75) is 17.2 Å². The van der Waals surface area contributed by atoms with E-state index < -0.39 is 52.6 Å². The van der Waals surface area contributed by atoms with Crippen molar-refractivity contribution in [2.24, 2.45) is 10.9 Å². The molecular formula is C17H15ClN4O8S. The van der Waals surface area contributed by atoms with Crippen LogP contribution in [0.15, 0.2) is 34.6 Å². The molecule has 2 atom stereocenters. The molecule has 164 valence electrons. The Bertz CT molecular complexity index is 1040. The van der Waals surface area contributed by atoms with Gasteiger partial charge in [-0.05, 0) is 18.2 Å². The normalized spacial score (nSPS) is 20.6. The van der Waals surface area contributed by atoms with Crippen molar-refractivity contribution in [1.29, 1.82) is 0 Å². The largest absolute Gasteiger partial charge is 0.506 e. The number of halogens is 1. The summed E-state index contributed by atoms with van der Waals surface area (Å²) in [6.45, 7) is -0.595. The number of primary amides is 1. The molecule has 1 aromatic rings. The van der Waals surface area contributed by atoms with E-state index in [2.05, 4.69) is 10.5 Å². The summed E-state index contributed by atoms with van der Waals surface area (Å²) in [5.41, 5.74) is 4.05. The summed E-state index contributed by atoms with van der Waals surface area (Å²) >= 11 is 6.86. The van der Waals surface area contributed by atoms with Crippen LogP contribution in [0.4, 0.5) is 4.79 Å². The summed E-state index contributed by atoms with van der Waals surface area (Å²) in [4.78, 5) is 48.6. The second-order valence-electron chi connectivity index (χ2n) is 6.31. The summed E-state index contributed by atoms with van der Waals surface area (Å²) in [6.07, 6.45) is -1.13. The van der Waals surface area contributed by atoms with Crippen LogP contribution in [0.25, 0.3) is 0 Å². The maximum absolute atomic E-state index is 12.8. The van der Waals surface area contributed by atoms with Gasteiger partial charge in [0.05, 0.1) is 16.8 Å². The van der Waals surface area contributed by atoms with Crippen molar-refractivity contribution in [3.63, 3.8) is 0 Å². The van der Waals surface area contributed by atoms with Gasteiger partial charge in [0.25, 0.3) is 5.91 Å². The molecular weight excluding hydrogens is 456 g/mol. The lowest BCUT2D eigenvalue weighted by atomic mass is 10.1. The highest BCUT2D eigenvalue weighted by atomic mass is 35.5. The average molecular weight is 471 g/mol. The number of carboxylic acids is 1. The van der Waals surface area contributed by atoms with E-state index in [1.807, 2.05) is 0 Å². The maximum Gasteiger partial charge on any atom is 0.404 e. The van der Waals surface area contributed by atoms with Gasteiger partial charge in [-0.2, -0.15) is 0 Å². The molecule has 0 radical (unpaired) electrons. The van der Waals surface area contributed by atoms with Gasteiger partial charge in [-0.25, -0.2) is 9.59 Å². The van der Waals surface area contributed by atoms with E-state index >= 15 is 0 Å². The van der Waals surface area contributed by atoms with Crippen LogP contribution in [-0.2, 0) is 19.1 Å². The number of benzene rings is 1. The van der Waals surface area contributed by atoms with Crippen LogP contribution < -0.4 is 11.1 Å². The van der Waals surface area contributed by atoms with E-state index in [-0.39, 0.29) is 28.3 Å². The Hall–Kier alpha value is -3.45. The van der Waals surface area contributed by atoms with Gasteiger partial charge < -0.3 is 31.2 Å². The van der Waals surface area contributed by atoms with Crippen LogP contribution in [0.3, 0.4) is 0 Å². The van der Waals surface area contributed by atoms with Gasteiger partial charge in [-0.3, -0.25) is 14.5 Å².